The van der Waals surface area contributed by atoms with E-state index in [1.807, 2.05) is 23.1 Å². The minimum Gasteiger partial charge on any atom is -0.361 e. The number of aryl methyl sites for hydroxylation is 1. The predicted octanol–water partition coefficient (Wildman–Crippen LogP) is 2.26. The van der Waals surface area contributed by atoms with Crippen molar-refractivity contribution in [1.82, 2.24) is 10.1 Å². The number of rotatable bonds is 2. The van der Waals surface area contributed by atoms with Crippen LogP contribution in [-0.2, 0) is 0 Å². The number of hydrogen-bond donors (Lipinski definition) is 0. The molecule has 1 amide bonds. The lowest BCUT2D eigenvalue weighted by Crippen LogP contribution is -2.57. The maximum absolute atomic E-state index is 12.8. The SMILES string of the molecule is Cc1cc(C(=O)N2CC[N+](C)(C)CC2c2ccccc2)no1. The average molecular weight is 300 g/mol. The van der Waals surface area contributed by atoms with Crippen LogP contribution in [0.5, 0.6) is 0 Å². The van der Waals surface area contributed by atoms with Gasteiger partial charge in [-0.3, -0.25) is 4.79 Å². The number of likely N-dealkylation sites (N-methyl/N-ethyl adjacent to an activating group) is 1. The molecule has 1 saturated heterocycles. The highest BCUT2D eigenvalue weighted by molar-refractivity contribution is 5.92. The molecule has 1 aliphatic heterocycles. The van der Waals surface area contributed by atoms with E-state index in [4.69, 9.17) is 4.52 Å². The number of carbonyl (C=O) groups excluding carboxylic acids is 1. The molecule has 0 radical (unpaired) electrons. The molecule has 0 bridgehead atoms. The number of quaternary nitrogens is 1. The summed E-state index contributed by atoms with van der Waals surface area (Å²) < 4.78 is 5.96. The Balaban J connectivity index is 1.92. The third-order valence-corrected chi connectivity index (χ3v) is 4.28. The van der Waals surface area contributed by atoms with Gasteiger partial charge in [-0.1, -0.05) is 35.5 Å². The van der Waals surface area contributed by atoms with Gasteiger partial charge in [0.2, 0.25) is 0 Å². The smallest absolute Gasteiger partial charge is 0.276 e. The van der Waals surface area contributed by atoms with Crippen molar-refractivity contribution in [3.05, 3.63) is 53.4 Å². The highest BCUT2D eigenvalue weighted by Crippen LogP contribution is 2.28. The van der Waals surface area contributed by atoms with E-state index >= 15 is 0 Å². The zero-order valence-electron chi connectivity index (χ0n) is 13.3. The summed E-state index contributed by atoms with van der Waals surface area (Å²) in [5, 5.41) is 3.88. The second kappa shape index (κ2) is 5.57. The van der Waals surface area contributed by atoms with Gasteiger partial charge in [0.15, 0.2) is 5.69 Å². The van der Waals surface area contributed by atoms with Crippen molar-refractivity contribution in [2.75, 3.05) is 33.7 Å². The van der Waals surface area contributed by atoms with Crippen LogP contribution in [0.2, 0.25) is 0 Å². The second-order valence-electron chi connectivity index (χ2n) is 6.59. The Bertz CT molecular complexity index is 664. The minimum absolute atomic E-state index is 0.0506. The van der Waals surface area contributed by atoms with Crippen LogP contribution in [0.25, 0.3) is 0 Å². The summed E-state index contributed by atoms with van der Waals surface area (Å²) in [6.07, 6.45) is 0. The first-order valence-corrected chi connectivity index (χ1v) is 7.57. The van der Waals surface area contributed by atoms with Crippen molar-refractivity contribution < 1.29 is 13.8 Å². The van der Waals surface area contributed by atoms with Crippen molar-refractivity contribution in [3.8, 4) is 0 Å². The van der Waals surface area contributed by atoms with Crippen LogP contribution < -0.4 is 0 Å². The third kappa shape index (κ3) is 2.90. The van der Waals surface area contributed by atoms with Gasteiger partial charge in [-0.2, -0.15) is 0 Å². The van der Waals surface area contributed by atoms with Crippen molar-refractivity contribution in [1.29, 1.82) is 0 Å². The Morgan fingerprint density at radius 2 is 2.05 bits per heavy atom. The summed E-state index contributed by atoms with van der Waals surface area (Å²) in [4.78, 5) is 14.7. The first-order chi connectivity index (χ1) is 10.5. The van der Waals surface area contributed by atoms with Crippen LogP contribution >= 0.6 is 0 Å². The topological polar surface area (TPSA) is 46.3 Å². The molecule has 1 atom stereocenters. The molecule has 0 spiro atoms. The molecule has 1 aromatic carbocycles. The Morgan fingerprint density at radius 1 is 1.32 bits per heavy atom. The highest BCUT2D eigenvalue weighted by Gasteiger charge is 2.38. The van der Waals surface area contributed by atoms with Crippen LogP contribution in [0.1, 0.15) is 27.9 Å². The molecule has 22 heavy (non-hydrogen) atoms. The van der Waals surface area contributed by atoms with E-state index < -0.39 is 0 Å². The Kier molecular flexibility index (Phi) is 3.74. The molecule has 0 N–H and O–H groups in total. The number of benzene rings is 1. The molecule has 3 rings (SSSR count). The standard InChI is InChI=1S/C17H22N3O2/c1-13-11-15(18-22-13)17(21)19-9-10-20(2,3)12-16(19)14-7-5-4-6-8-14/h4-8,11,16H,9-10,12H2,1-3H3/q+1. The van der Waals surface area contributed by atoms with E-state index in [0.717, 1.165) is 24.1 Å². The Hall–Kier alpha value is -2.14. The van der Waals surface area contributed by atoms with Crippen molar-refractivity contribution >= 4 is 5.91 Å². The third-order valence-electron chi connectivity index (χ3n) is 4.28. The Morgan fingerprint density at radius 3 is 2.68 bits per heavy atom. The zero-order valence-corrected chi connectivity index (χ0v) is 13.3. The Labute approximate surface area is 130 Å². The number of amides is 1. The summed E-state index contributed by atoms with van der Waals surface area (Å²) in [5.74, 6) is 0.609. The lowest BCUT2D eigenvalue weighted by atomic mass is 10.0. The zero-order chi connectivity index (χ0) is 15.7. The second-order valence-corrected chi connectivity index (χ2v) is 6.59. The van der Waals surface area contributed by atoms with E-state index in [1.54, 1.807) is 13.0 Å². The minimum atomic E-state index is -0.0506. The first kappa shape index (κ1) is 14.8. The highest BCUT2D eigenvalue weighted by atomic mass is 16.5. The number of hydrogen-bond acceptors (Lipinski definition) is 3. The summed E-state index contributed by atoms with van der Waals surface area (Å²) >= 11 is 0. The lowest BCUT2D eigenvalue weighted by molar-refractivity contribution is -0.898. The lowest BCUT2D eigenvalue weighted by Gasteiger charge is -2.44. The van der Waals surface area contributed by atoms with Crippen molar-refractivity contribution in [2.24, 2.45) is 0 Å². The van der Waals surface area contributed by atoms with E-state index in [0.29, 0.717) is 11.5 Å². The van der Waals surface area contributed by atoms with Crippen LogP contribution in [0.3, 0.4) is 0 Å². The maximum atomic E-state index is 12.8. The molecule has 1 fully saturated rings. The van der Waals surface area contributed by atoms with Gasteiger partial charge in [0.25, 0.3) is 5.91 Å². The number of nitrogens with zero attached hydrogens (tertiary/aromatic N) is 3. The van der Waals surface area contributed by atoms with Gasteiger partial charge in [-0.15, -0.1) is 0 Å². The normalized spacial score (nSPS) is 20.9. The van der Waals surface area contributed by atoms with Gasteiger partial charge in [-0.05, 0) is 12.5 Å². The van der Waals surface area contributed by atoms with E-state index in [1.165, 1.54) is 5.56 Å². The maximum Gasteiger partial charge on any atom is 0.276 e. The summed E-state index contributed by atoms with van der Waals surface area (Å²) in [5.41, 5.74) is 1.56. The van der Waals surface area contributed by atoms with E-state index in [9.17, 15) is 4.79 Å². The number of carbonyl (C=O) groups is 1. The molecular weight excluding hydrogens is 278 g/mol. The molecule has 5 nitrogen and oxygen atoms in total. The summed E-state index contributed by atoms with van der Waals surface area (Å²) in [6, 6.07) is 12.0. The van der Waals surface area contributed by atoms with Gasteiger partial charge >= 0.3 is 0 Å². The number of piperazine rings is 1. The molecule has 0 saturated carbocycles. The van der Waals surface area contributed by atoms with Crippen LogP contribution in [0.4, 0.5) is 0 Å². The fourth-order valence-electron chi connectivity index (χ4n) is 3.01. The van der Waals surface area contributed by atoms with Crippen LogP contribution in [0.15, 0.2) is 40.9 Å². The van der Waals surface area contributed by atoms with Gasteiger partial charge in [0.05, 0.1) is 27.2 Å². The van der Waals surface area contributed by atoms with E-state index in [-0.39, 0.29) is 11.9 Å². The molecule has 116 valence electrons. The van der Waals surface area contributed by atoms with E-state index in [2.05, 4.69) is 31.4 Å². The molecule has 1 aromatic heterocycles. The molecule has 2 aromatic rings. The average Bonchev–Trinajstić information content (AvgIpc) is 2.93. The van der Waals surface area contributed by atoms with Crippen molar-refractivity contribution in [2.45, 2.75) is 13.0 Å². The largest absolute Gasteiger partial charge is 0.361 e. The summed E-state index contributed by atoms with van der Waals surface area (Å²) in [7, 11) is 4.41. The monoisotopic (exact) mass is 300 g/mol. The first-order valence-electron chi connectivity index (χ1n) is 7.57. The molecule has 0 aliphatic carbocycles. The predicted molar refractivity (Wildman–Crippen MR) is 83.3 cm³/mol. The fourth-order valence-corrected chi connectivity index (χ4v) is 3.01. The molecule has 1 aliphatic rings. The van der Waals surface area contributed by atoms with Crippen molar-refractivity contribution in [3.63, 3.8) is 0 Å². The molecule has 1 unspecified atom stereocenters. The van der Waals surface area contributed by atoms with Crippen LogP contribution in [0, 0.1) is 6.92 Å². The molecule has 2 heterocycles. The van der Waals surface area contributed by atoms with Gasteiger partial charge < -0.3 is 13.9 Å². The van der Waals surface area contributed by atoms with Gasteiger partial charge in [0.1, 0.15) is 18.3 Å². The summed E-state index contributed by atoms with van der Waals surface area (Å²) in [6.45, 7) is 4.35. The van der Waals surface area contributed by atoms with Gasteiger partial charge in [0, 0.05) is 6.07 Å². The molecular formula is C17H22N3O2+. The fraction of sp³-hybridized carbons (Fsp3) is 0.412. The molecule has 5 heteroatoms. The van der Waals surface area contributed by atoms with Gasteiger partial charge in [-0.25, -0.2) is 0 Å². The van der Waals surface area contributed by atoms with Crippen LogP contribution in [-0.4, -0.2) is 54.2 Å². The number of aromatic nitrogens is 1. The quantitative estimate of drug-likeness (QED) is 0.799.